The second-order valence-electron chi connectivity index (χ2n) is 4.92. The van der Waals surface area contributed by atoms with E-state index < -0.39 is 4.92 Å². The van der Waals surface area contributed by atoms with Crippen LogP contribution in [0.1, 0.15) is 0 Å². The quantitative estimate of drug-likeness (QED) is 0.507. The summed E-state index contributed by atoms with van der Waals surface area (Å²) in [6.45, 7) is 0. The molecule has 1 heterocycles. The Labute approximate surface area is 142 Å². The summed E-state index contributed by atoms with van der Waals surface area (Å²) in [5.41, 5.74) is 2.36. The molecule has 0 amide bonds. The number of ether oxygens (including phenoxy) is 2. The van der Waals surface area contributed by atoms with Crippen molar-refractivity contribution in [3.63, 3.8) is 0 Å². The van der Waals surface area contributed by atoms with Crippen molar-refractivity contribution >= 4 is 17.0 Å². The molecule has 6 nitrogen and oxygen atoms in total. The Balaban J connectivity index is 1.96. The lowest BCUT2D eigenvalue weighted by Gasteiger charge is -2.08. The van der Waals surface area contributed by atoms with Crippen LogP contribution in [0.5, 0.6) is 11.5 Å². The van der Waals surface area contributed by atoms with Crippen molar-refractivity contribution in [2.24, 2.45) is 0 Å². The van der Waals surface area contributed by atoms with Crippen molar-refractivity contribution < 1.29 is 14.4 Å². The summed E-state index contributed by atoms with van der Waals surface area (Å²) in [6, 6.07) is 12.0. The number of nitro benzene ring substituents is 1. The highest BCUT2D eigenvalue weighted by Gasteiger charge is 2.12. The number of methoxy groups -OCH3 is 2. The molecule has 0 aliphatic heterocycles. The number of nitrogens with zero attached hydrogens (tertiary/aromatic N) is 2. The van der Waals surface area contributed by atoms with Gasteiger partial charge in [0.25, 0.3) is 5.69 Å². The molecule has 3 aromatic rings. The summed E-state index contributed by atoms with van der Waals surface area (Å²) >= 11 is 1.47. The van der Waals surface area contributed by atoms with Crippen LogP contribution in [0.2, 0.25) is 0 Å². The second-order valence-corrected chi connectivity index (χ2v) is 5.77. The molecule has 1 aromatic heterocycles. The Morgan fingerprint density at radius 1 is 1.04 bits per heavy atom. The van der Waals surface area contributed by atoms with E-state index >= 15 is 0 Å². The summed E-state index contributed by atoms with van der Waals surface area (Å²) in [7, 11) is 3.17. The van der Waals surface area contributed by atoms with E-state index in [2.05, 4.69) is 4.98 Å². The van der Waals surface area contributed by atoms with Gasteiger partial charge in [0, 0.05) is 28.6 Å². The smallest absolute Gasteiger partial charge is 0.270 e. The van der Waals surface area contributed by atoms with E-state index in [4.69, 9.17) is 9.47 Å². The van der Waals surface area contributed by atoms with Crippen molar-refractivity contribution in [2.75, 3.05) is 14.2 Å². The van der Waals surface area contributed by atoms with Gasteiger partial charge in [0.05, 0.1) is 24.8 Å². The summed E-state index contributed by atoms with van der Waals surface area (Å²) < 4.78 is 10.5. The first kappa shape index (κ1) is 15.9. The molecular formula is C17H14N2O4S. The Morgan fingerprint density at radius 3 is 2.54 bits per heavy atom. The predicted molar refractivity (Wildman–Crippen MR) is 92.7 cm³/mol. The maximum absolute atomic E-state index is 10.9. The fourth-order valence-electron chi connectivity index (χ4n) is 2.29. The minimum Gasteiger partial charge on any atom is -0.493 e. The average Bonchev–Trinajstić information content (AvgIpc) is 3.11. The first-order valence-corrected chi connectivity index (χ1v) is 7.93. The standard InChI is InChI=1S/C17H14N2O4S/c1-22-15-7-6-12(9-16(15)23-2)17-18-14(10-24-17)11-4-3-5-13(8-11)19(20)21/h3-10H,1-2H3. The van der Waals surface area contributed by atoms with Gasteiger partial charge in [-0.1, -0.05) is 12.1 Å². The van der Waals surface area contributed by atoms with E-state index in [0.717, 1.165) is 10.6 Å². The van der Waals surface area contributed by atoms with E-state index in [1.54, 1.807) is 26.4 Å². The van der Waals surface area contributed by atoms with E-state index in [0.29, 0.717) is 22.8 Å². The normalized spacial score (nSPS) is 10.4. The minimum atomic E-state index is -0.412. The summed E-state index contributed by atoms with van der Waals surface area (Å²) in [6.07, 6.45) is 0. The van der Waals surface area contributed by atoms with Crippen molar-refractivity contribution in [3.05, 3.63) is 58.0 Å². The molecule has 0 spiro atoms. The second kappa shape index (κ2) is 6.67. The van der Waals surface area contributed by atoms with E-state index in [-0.39, 0.29) is 5.69 Å². The van der Waals surface area contributed by atoms with Gasteiger partial charge in [-0.15, -0.1) is 11.3 Å². The number of hydrogen-bond acceptors (Lipinski definition) is 6. The zero-order valence-corrected chi connectivity index (χ0v) is 13.9. The van der Waals surface area contributed by atoms with E-state index in [1.165, 1.54) is 23.5 Å². The van der Waals surface area contributed by atoms with E-state index in [1.807, 2.05) is 23.6 Å². The third-order valence-corrected chi connectivity index (χ3v) is 4.38. The van der Waals surface area contributed by atoms with Crippen LogP contribution in [-0.4, -0.2) is 24.1 Å². The molecule has 0 N–H and O–H groups in total. The topological polar surface area (TPSA) is 74.5 Å². The molecule has 0 atom stereocenters. The highest BCUT2D eigenvalue weighted by Crippen LogP contribution is 2.35. The third kappa shape index (κ3) is 3.07. The fraction of sp³-hybridized carbons (Fsp3) is 0.118. The number of hydrogen-bond donors (Lipinski definition) is 0. The molecule has 0 unspecified atom stereocenters. The molecule has 0 aliphatic rings. The number of rotatable bonds is 5. The largest absolute Gasteiger partial charge is 0.493 e. The van der Waals surface area contributed by atoms with Gasteiger partial charge >= 0.3 is 0 Å². The molecule has 7 heteroatoms. The predicted octanol–water partition coefficient (Wildman–Crippen LogP) is 4.40. The molecule has 0 bridgehead atoms. The fourth-order valence-corrected chi connectivity index (χ4v) is 3.11. The van der Waals surface area contributed by atoms with Crippen LogP contribution >= 0.6 is 11.3 Å². The Morgan fingerprint density at radius 2 is 1.83 bits per heavy atom. The SMILES string of the molecule is COc1ccc(-c2nc(-c3cccc([N+](=O)[O-])c3)cs2)cc1OC. The summed E-state index contributed by atoms with van der Waals surface area (Å²) in [5.74, 6) is 1.28. The number of aromatic nitrogens is 1. The van der Waals surface area contributed by atoms with Crippen molar-refractivity contribution in [3.8, 4) is 33.3 Å². The Hall–Kier alpha value is -2.93. The van der Waals surface area contributed by atoms with Gasteiger partial charge in [-0.25, -0.2) is 4.98 Å². The number of nitro groups is 1. The van der Waals surface area contributed by atoms with Crippen molar-refractivity contribution in [2.45, 2.75) is 0 Å². The molecule has 0 radical (unpaired) electrons. The van der Waals surface area contributed by atoms with E-state index in [9.17, 15) is 10.1 Å². The zero-order valence-electron chi connectivity index (χ0n) is 13.1. The van der Waals surface area contributed by atoms with Crippen LogP contribution in [-0.2, 0) is 0 Å². The molecular weight excluding hydrogens is 328 g/mol. The summed E-state index contributed by atoms with van der Waals surface area (Å²) in [4.78, 5) is 15.1. The van der Waals surface area contributed by atoms with Gasteiger partial charge < -0.3 is 9.47 Å². The molecule has 0 saturated heterocycles. The maximum Gasteiger partial charge on any atom is 0.270 e. The van der Waals surface area contributed by atoms with Crippen LogP contribution in [0.15, 0.2) is 47.8 Å². The number of non-ortho nitro benzene ring substituents is 1. The molecule has 2 aromatic carbocycles. The maximum atomic E-state index is 10.9. The lowest BCUT2D eigenvalue weighted by Crippen LogP contribution is -1.91. The zero-order chi connectivity index (χ0) is 17.1. The lowest BCUT2D eigenvalue weighted by molar-refractivity contribution is -0.384. The highest BCUT2D eigenvalue weighted by molar-refractivity contribution is 7.13. The van der Waals surface area contributed by atoms with Gasteiger partial charge in [0.15, 0.2) is 11.5 Å². The Kier molecular flexibility index (Phi) is 4.43. The number of thiazole rings is 1. The molecule has 3 rings (SSSR count). The molecule has 0 saturated carbocycles. The van der Waals surface area contributed by atoms with Crippen LogP contribution in [0.4, 0.5) is 5.69 Å². The van der Waals surface area contributed by atoms with Crippen molar-refractivity contribution in [1.29, 1.82) is 0 Å². The first-order valence-electron chi connectivity index (χ1n) is 7.05. The summed E-state index contributed by atoms with van der Waals surface area (Å²) in [5, 5.41) is 13.6. The Bertz CT molecular complexity index is 892. The van der Waals surface area contributed by atoms with Crippen LogP contribution < -0.4 is 9.47 Å². The van der Waals surface area contributed by atoms with Gasteiger partial charge in [0.1, 0.15) is 5.01 Å². The minimum absolute atomic E-state index is 0.0492. The monoisotopic (exact) mass is 342 g/mol. The van der Waals surface area contributed by atoms with Crippen LogP contribution in [0.25, 0.3) is 21.8 Å². The molecule has 122 valence electrons. The van der Waals surface area contributed by atoms with Gasteiger partial charge in [-0.2, -0.15) is 0 Å². The lowest BCUT2D eigenvalue weighted by atomic mass is 10.1. The average molecular weight is 342 g/mol. The first-order chi connectivity index (χ1) is 11.6. The van der Waals surface area contributed by atoms with Gasteiger partial charge in [0.2, 0.25) is 0 Å². The highest BCUT2D eigenvalue weighted by atomic mass is 32.1. The van der Waals surface area contributed by atoms with Crippen LogP contribution in [0.3, 0.4) is 0 Å². The van der Waals surface area contributed by atoms with Gasteiger partial charge in [-0.3, -0.25) is 10.1 Å². The number of benzene rings is 2. The van der Waals surface area contributed by atoms with Crippen molar-refractivity contribution in [1.82, 2.24) is 4.98 Å². The van der Waals surface area contributed by atoms with Crippen LogP contribution in [0, 0.1) is 10.1 Å². The molecule has 0 aliphatic carbocycles. The molecule has 0 fully saturated rings. The molecule has 24 heavy (non-hydrogen) atoms. The van der Waals surface area contributed by atoms with Gasteiger partial charge in [-0.05, 0) is 18.2 Å². The third-order valence-electron chi connectivity index (χ3n) is 3.49.